The SMILES string of the molecule is Cc1nonc1CNCCc1ccc(Cl)cc1. The van der Waals surface area contributed by atoms with Crippen LogP contribution in [0.1, 0.15) is 17.0 Å². The predicted molar refractivity (Wildman–Crippen MR) is 65.9 cm³/mol. The highest BCUT2D eigenvalue weighted by molar-refractivity contribution is 6.30. The fourth-order valence-electron chi connectivity index (χ4n) is 1.50. The molecule has 0 spiro atoms. The van der Waals surface area contributed by atoms with Gasteiger partial charge in [0.2, 0.25) is 0 Å². The summed E-state index contributed by atoms with van der Waals surface area (Å²) in [6, 6.07) is 7.88. The maximum absolute atomic E-state index is 5.82. The lowest BCUT2D eigenvalue weighted by atomic mass is 10.1. The van der Waals surface area contributed by atoms with E-state index in [-0.39, 0.29) is 0 Å². The Labute approximate surface area is 105 Å². The third-order valence-corrected chi connectivity index (χ3v) is 2.79. The molecular formula is C12H14ClN3O. The van der Waals surface area contributed by atoms with Gasteiger partial charge in [-0.25, -0.2) is 4.63 Å². The van der Waals surface area contributed by atoms with Crippen molar-refractivity contribution in [3.8, 4) is 0 Å². The zero-order valence-corrected chi connectivity index (χ0v) is 10.4. The first-order valence-electron chi connectivity index (χ1n) is 5.49. The monoisotopic (exact) mass is 251 g/mol. The molecule has 0 saturated heterocycles. The number of aromatic nitrogens is 2. The smallest absolute Gasteiger partial charge is 0.121 e. The van der Waals surface area contributed by atoms with Crippen molar-refractivity contribution in [3.05, 3.63) is 46.2 Å². The Morgan fingerprint density at radius 2 is 2.00 bits per heavy atom. The largest absolute Gasteiger partial charge is 0.311 e. The Morgan fingerprint density at radius 1 is 1.24 bits per heavy atom. The van der Waals surface area contributed by atoms with Crippen LogP contribution in [0.3, 0.4) is 0 Å². The number of nitrogens with zero attached hydrogens (tertiary/aromatic N) is 2. The molecule has 0 aliphatic rings. The second-order valence-electron chi connectivity index (χ2n) is 3.85. The number of halogens is 1. The van der Waals surface area contributed by atoms with E-state index < -0.39 is 0 Å². The lowest BCUT2D eigenvalue weighted by molar-refractivity contribution is 0.300. The van der Waals surface area contributed by atoms with Gasteiger partial charge < -0.3 is 5.32 Å². The standard InChI is InChI=1S/C12H14ClN3O/c1-9-12(16-17-15-9)8-14-7-6-10-2-4-11(13)5-3-10/h2-5,14H,6-8H2,1H3. The van der Waals surface area contributed by atoms with Gasteiger partial charge in [0.25, 0.3) is 0 Å². The Bertz CT molecular complexity index is 467. The molecule has 2 aromatic rings. The molecule has 5 heteroatoms. The van der Waals surface area contributed by atoms with E-state index >= 15 is 0 Å². The molecule has 0 aliphatic carbocycles. The lowest BCUT2D eigenvalue weighted by Gasteiger charge is -2.03. The van der Waals surface area contributed by atoms with E-state index in [1.165, 1.54) is 5.56 Å². The number of hydrogen-bond acceptors (Lipinski definition) is 4. The Morgan fingerprint density at radius 3 is 2.65 bits per heavy atom. The van der Waals surface area contributed by atoms with Crippen molar-refractivity contribution in [1.82, 2.24) is 15.6 Å². The highest BCUT2D eigenvalue weighted by Gasteiger charge is 2.03. The fourth-order valence-corrected chi connectivity index (χ4v) is 1.63. The molecule has 90 valence electrons. The van der Waals surface area contributed by atoms with Crippen molar-refractivity contribution in [2.45, 2.75) is 19.9 Å². The minimum absolute atomic E-state index is 0.683. The molecule has 0 aliphatic heterocycles. The Balaban J connectivity index is 1.73. The summed E-state index contributed by atoms with van der Waals surface area (Å²) >= 11 is 5.82. The summed E-state index contributed by atoms with van der Waals surface area (Å²) in [6.07, 6.45) is 0.960. The summed E-state index contributed by atoms with van der Waals surface area (Å²) in [7, 11) is 0. The summed E-state index contributed by atoms with van der Waals surface area (Å²) in [4.78, 5) is 0. The van der Waals surface area contributed by atoms with Crippen molar-refractivity contribution in [2.75, 3.05) is 6.54 Å². The minimum Gasteiger partial charge on any atom is -0.311 e. The van der Waals surface area contributed by atoms with Gasteiger partial charge in [-0.2, -0.15) is 0 Å². The Hall–Kier alpha value is -1.39. The molecule has 0 amide bonds. The third kappa shape index (κ3) is 3.54. The molecular weight excluding hydrogens is 238 g/mol. The van der Waals surface area contributed by atoms with Crippen molar-refractivity contribution >= 4 is 11.6 Å². The first kappa shape index (κ1) is 12.1. The summed E-state index contributed by atoms with van der Waals surface area (Å²) < 4.78 is 4.62. The molecule has 4 nitrogen and oxygen atoms in total. The van der Waals surface area contributed by atoms with Gasteiger partial charge in [0.1, 0.15) is 11.4 Å². The van der Waals surface area contributed by atoms with Crippen LogP contribution in [0.4, 0.5) is 0 Å². The zero-order chi connectivity index (χ0) is 12.1. The average Bonchev–Trinajstić information content (AvgIpc) is 2.73. The van der Waals surface area contributed by atoms with E-state index in [1.54, 1.807) is 0 Å². The summed E-state index contributed by atoms with van der Waals surface area (Å²) in [5.41, 5.74) is 2.96. The van der Waals surface area contributed by atoms with Gasteiger partial charge in [-0.15, -0.1) is 0 Å². The van der Waals surface area contributed by atoms with Gasteiger partial charge in [-0.1, -0.05) is 34.0 Å². The molecule has 2 rings (SSSR count). The topological polar surface area (TPSA) is 51.0 Å². The molecule has 0 fully saturated rings. The van der Waals surface area contributed by atoms with Crippen molar-refractivity contribution in [2.24, 2.45) is 0 Å². The molecule has 1 N–H and O–H groups in total. The second-order valence-corrected chi connectivity index (χ2v) is 4.29. The average molecular weight is 252 g/mol. The number of aryl methyl sites for hydroxylation is 1. The van der Waals surface area contributed by atoms with Crippen LogP contribution in [-0.2, 0) is 13.0 Å². The minimum atomic E-state index is 0.683. The van der Waals surface area contributed by atoms with E-state index in [2.05, 4.69) is 20.3 Å². The first-order chi connectivity index (χ1) is 8.25. The molecule has 0 atom stereocenters. The molecule has 0 unspecified atom stereocenters. The van der Waals surface area contributed by atoms with Gasteiger partial charge in [-0.05, 0) is 37.6 Å². The molecule has 17 heavy (non-hydrogen) atoms. The number of benzene rings is 1. The van der Waals surface area contributed by atoms with Gasteiger partial charge in [0.15, 0.2) is 0 Å². The van der Waals surface area contributed by atoms with Crippen LogP contribution in [0.15, 0.2) is 28.9 Å². The molecule has 0 bridgehead atoms. The maximum Gasteiger partial charge on any atom is 0.121 e. The highest BCUT2D eigenvalue weighted by Crippen LogP contribution is 2.09. The molecule has 0 saturated carbocycles. The van der Waals surface area contributed by atoms with Crippen LogP contribution in [0.5, 0.6) is 0 Å². The van der Waals surface area contributed by atoms with Gasteiger partial charge >= 0.3 is 0 Å². The van der Waals surface area contributed by atoms with Crippen molar-refractivity contribution < 1.29 is 4.63 Å². The quantitative estimate of drug-likeness (QED) is 0.829. The molecule has 1 heterocycles. The maximum atomic E-state index is 5.82. The van der Waals surface area contributed by atoms with Crippen LogP contribution in [-0.4, -0.2) is 16.9 Å². The van der Waals surface area contributed by atoms with Gasteiger partial charge in [-0.3, -0.25) is 0 Å². The molecule has 1 aromatic heterocycles. The number of rotatable bonds is 5. The fraction of sp³-hybridized carbons (Fsp3) is 0.333. The normalized spacial score (nSPS) is 10.7. The lowest BCUT2D eigenvalue weighted by Crippen LogP contribution is -2.17. The number of hydrogen-bond donors (Lipinski definition) is 1. The van der Waals surface area contributed by atoms with Gasteiger partial charge in [0.05, 0.1) is 0 Å². The molecule has 0 radical (unpaired) electrons. The van der Waals surface area contributed by atoms with E-state index in [1.807, 2.05) is 31.2 Å². The van der Waals surface area contributed by atoms with E-state index in [0.717, 1.165) is 29.4 Å². The highest BCUT2D eigenvalue weighted by atomic mass is 35.5. The molecule has 1 aromatic carbocycles. The van der Waals surface area contributed by atoms with Crippen LogP contribution in [0, 0.1) is 6.92 Å². The second kappa shape index (κ2) is 5.80. The summed E-state index contributed by atoms with van der Waals surface area (Å²) in [5.74, 6) is 0. The van der Waals surface area contributed by atoms with E-state index in [0.29, 0.717) is 6.54 Å². The third-order valence-electron chi connectivity index (χ3n) is 2.54. The summed E-state index contributed by atoms with van der Waals surface area (Å²) in [6.45, 7) is 3.45. The van der Waals surface area contributed by atoms with Crippen LogP contribution in [0.2, 0.25) is 5.02 Å². The van der Waals surface area contributed by atoms with Crippen molar-refractivity contribution in [3.63, 3.8) is 0 Å². The van der Waals surface area contributed by atoms with Crippen molar-refractivity contribution in [1.29, 1.82) is 0 Å². The van der Waals surface area contributed by atoms with Crippen LogP contribution < -0.4 is 5.32 Å². The number of nitrogens with one attached hydrogen (secondary N) is 1. The van der Waals surface area contributed by atoms with E-state index in [9.17, 15) is 0 Å². The van der Waals surface area contributed by atoms with E-state index in [4.69, 9.17) is 11.6 Å². The Kier molecular flexibility index (Phi) is 4.12. The predicted octanol–water partition coefficient (Wildman–Crippen LogP) is 2.36. The zero-order valence-electron chi connectivity index (χ0n) is 9.61. The van der Waals surface area contributed by atoms with Gasteiger partial charge in [0, 0.05) is 11.6 Å². The van der Waals surface area contributed by atoms with Crippen LogP contribution in [0.25, 0.3) is 0 Å². The summed E-state index contributed by atoms with van der Waals surface area (Å²) in [5, 5.41) is 11.6. The van der Waals surface area contributed by atoms with Crippen LogP contribution >= 0.6 is 11.6 Å². The first-order valence-corrected chi connectivity index (χ1v) is 5.86.